The Kier molecular flexibility index (Phi) is 5.39. The first kappa shape index (κ1) is 18.6. The van der Waals surface area contributed by atoms with Gasteiger partial charge in [0.1, 0.15) is 11.5 Å². The Morgan fingerprint density at radius 1 is 1.21 bits per heavy atom. The van der Waals surface area contributed by atoms with Crippen molar-refractivity contribution in [2.75, 3.05) is 13.1 Å². The molecule has 6 heteroatoms. The maximum absolute atomic E-state index is 13.8. The molecule has 0 unspecified atom stereocenters. The molecule has 146 valence electrons. The zero-order chi connectivity index (χ0) is 19.5. The van der Waals surface area contributed by atoms with E-state index in [0.717, 1.165) is 48.4 Å². The van der Waals surface area contributed by atoms with Crippen LogP contribution in [0.1, 0.15) is 29.7 Å². The molecular weight excluding hydrogens is 355 g/mol. The van der Waals surface area contributed by atoms with Crippen molar-refractivity contribution in [3.63, 3.8) is 0 Å². The third-order valence-electron chi connectivity index (χ3n) is 5.45. The molecule has 0 spiro atoms. The third-order valence-corrected chi connectivity index (χ3v) is 5.45. The first-order valence-corrected chi connectivity index (χ1v) is 9.77. The van der Waals surface area contributed by atoms with Crippen LogP contribution in [-0.4, -0.2) is 39.3 Å². The van der Waals surface area contributed by atoms with Crippen LogP contribution in [0.4, 0.5) is 4.39 Å². The highest BCUT2D eigenvalue weighted by molar-refractivity contribution is 5.78. The molecule has 1 amide bonds. The summed E-state index contributed by atoms with van der Waals surface area (Å²) in [6, 6.07) is 11.1. The van der Waals surface area contributed by atoms with E-state index in [1.807, 2.05) is 41.8 Å². The van der Waals surface area contributed by atoms with Crippen LogP contribution in [0.3, 0.4) is 0 Å². The standard InChI is InChI=1S/C22H25FN4O/c1-16-5-4-10-27-19(14-24-22(16)27)13-21(28)25-18-8-11-26(12-9-18)15-17-6-2-3-7-20(17)23/h2-7,10,14,18H,8-9,11-13,15H2,1H3,(H,25,28). The van der Waals surface area contributed by atoms with Gasteiger partial charge in [0.25, 0.3) is 0 Å². The minimum absolute atomic E-state index is 0.0239. The Bertz CT molecular complexity index is 976. The van der Waals surface area contributed by atoms with E-state index in [1.165, 1.54) is 6.07 Å². The van der Waals surface area contributed by atoms with E-state index in [4.69, 9.17) is 0 Å². The lowest BCUT2D eigenvalue weighted by molar-refractivity contribution is -0.121. The van der Waals surface area contributed by atoms with Crippen LogP contribution in [0.2, 0.25) is 0 Å². The van der Waals surface area contributed by atoms with Crippen molar-refractivity contribution in [1.82, 2.24) is 19.6 Å². The van der Waals surface area contributed by atoms with Crippen molar-refractivity contribution in [3.05, 3.63) is 71.4 Å². The maximum Gasteiger partial charge on any atom is 0.226 e. The molecule has 0 radical (unpaired) electrons. The summed E-state index contributed by atoms with van der Waals surface area (Å²) in [6.07, 6.45) is 5.80. The number of hydrogen-bond acceptors (Lipinski definition) is 3. The normalized spacial score (nSPS) is 15.8. The molecule has 1 aromatic carbocycles. The molecule has 3 aromatic rings. The average molecular weight is 380 g/mol. The Morgan fingerprint density at radius 3 is 2.79 bits per heavy atom. The molecule has 1 fully saturated rings. The second-order valence-corrected chi connectivity index (χ2v) is 7.52. The van der Waals surface area contributed by atoms with Gasteiger partial charge in [-0.15, -0.1) is 0 Å². The fraction of sp³-hybridized carbons (Fsp3) is 0.364. The summed E-state index contributed by atoms with van der Waals surface area (Å²) in [5, 5.41) is 3.15. The molecule has 28 heavy (non-hydrogen) atoms. The number of piperidine rings is 1. The SMILES string of the molecule is Cc1cccn2c(CC(=O)NC3CCN(Cc4ccccc4F)CC3)cnc12. The second-order valence-electron chi connectivity index (χ2n) is 7.52. The van der Waals surface area contributed by atoms with Crippen molar-refractivity contribution >= 4 is 11.6 Å². The third kappa shape index (κ3) is 4.07. The summed E-state index contributed by atoms with van der Waals surface area (Å²) >= 11 is 0. The van der Waals surface area contributed by atoms with Crippen LogP contribution in [-0.2, 0) is 17.8 Å². The van der Waals surface area contributed by atoms with Gasteiger partial charge in [0.15, 0.2) is 0 Å². The average Bonchev–Trinajstić information content (AvgIpc) is 3.09. The zero-order valence-electron chi connectivity index (χ0n) is 16.1. The molecule has 1 N–H and O–H groups in total. The van der Waals surface area contributed by atoms with Crippen LogP contribution in [0, 0.1) is 12.7 Å². The molecule has 0 atom stereocenters. The van der Waals surface area contributed by atoms with Gasteiger partial charge in [-0.25, -0.2) is 9.37 Å². The summed E-state index contributed by atoms with van der Waals surface area (Å²) in [7, 11) is 0. The van der Waals surface area contributed by atoms with Gasteiger partial charge in [-0.3, -0.25) is 9.69 Å². The number of aryl methyl sites for hydroxylation is 1. The van der Waals surface area contributed by atoms with E-state index in [-0.39, 0.29) is 17.8 Å². The van der Waals surface area contributed by atoms with Gasteiger partial charge < -0.3 is 9.72 Å². The number of fused-ring (bicyclic) bond motifs is 1. The lowest BCUT2D eigenvalue weighted by Gasteiger charge is -2.32. The van der Waals surface area contributed by atoms with Gasteiger partial charge in [0.05, 0.1) is 12.1 Å². The molecule has 0 aliphatic carbocycles. The van der Waals surface area contributed by atoms with Gasteiger partial charge in [-0.05, 0) is 37.5 Å². The summed E-state index contributed by atoms with van der Waals surface area (Å²) < 4.78 is 15.8. The predicted octanol–water partition coefficient (Wildman–Crippen LogP) is 3.11. The molecular formula is C22H25FN4O. The number of benzene rings is 1. The number of halogens is 1. The molecule has 5 nitrogen and oxygen atoms in total. The van der Waals surface area contributed by atoms with Crippen molar-refractivity contribution < 1.29 is 9.18 Å². The number of carbonyl (C=O) groups is 1. The van der Waals surface area contributed by atoms with Crippen molar-refractivity contribution in [3.8, 4) is 0 Å². The topological polar surface area (TPSA) is 49.6 Å². The van der Waals surface area contributed by atoms with E-state index in [2.05, 4.69) is 15.2 Å². The van der Waals surface area contributed by atoms with Crippen LogP contribution in [0.5, 0.6) is 0 Å². The highest BCUT2D eigenvalue weighted by Crippen LogP contribution is 2.16. The Labute approximate surface area is 164 Å². The Balaban J connectivity index is 1.29. The molecule has 2 aromatic heterocycles. The van der Waals surface area contributed by atoms with Gasteiger partial charge in [0, 0.05) is 43.6 Å². The van der Waals surface area contributed by atoms with E-state index in [0.29, 0.717) is 13.0 Å². The number of imidazole rings is 1. The molecule has 1 aliphatic heterocycles. The van der Waals surface area contributed by atoms with Crippen LogP contribution >= 0.6 is 0 Å². The van der Waals surface area contributed by atoms with Crippen molar-refractivity contribution in [1.29, 1.82) is 0 Å². The van der Waals surface area contributed by atoms with Crippen molar-refractivity contribution in [2.45, 2.75) is 38.8 Å². The van der Waals surface area contributed by atoms with Gasteiger partial charge in [0.2, 0.25) is 5.91 Å². The summed E-state index contributed by atoms with van der Waals surface area (Å²) in [6.45, 7) is 4.35. The van der Waals surface area contributed by atoms with E-state index in [9.17, 15) is 9.18 Å². The fourth-order valence-electron chi connectivity index (χ4n) is 3.88. The number of rotatable bonds is 5. The maximum atomic E-state index is 13.8. The second kappa shape index (κ2) is 8.10. The number of nitrogens with one attached hydrogen (secondary N) is 1. The number of likely N-dealkylation sites (tertiary alicyclic amines) is 1. The molecule has 3 heterocycles. The number of carbonyl (C=O) groups excluding carboxylic acids is 1. The van der Waals surface area contributed by atoms with Gasteiger partial charge >= 0.3 is 0 Å². The molecule has 1 aliphatic rings. The first-order chi connectivity index (χ1) is 13.6. The lowest BCUT2D eigenvalue weighted by atomic mass is 10.0. The minimum atomic E-state index is -0.152. The van der Waals surface area contributed by atoms with E-state index >= 15 is 0 Å². The number of pyridine rings is 1. The van der Waals surface area contributed by atoms with Crippen molar-refractivity contribution in [2.24, 2.45) is 0 Å². The largest absolute Gasteiger partial charge is 0.353 e. The minimum Gasteiger partial charge on any atom is -0.353 e. The number of nitrogens with zero attached hydrogens (tertiary/aromatic N) is 3. The molecule has 0 saturated carbocycles. The first-order valence-electron chi connectivity index (χ1n) is 9.77. The fourth-order valence-corrected chi connectivity index (χ4v) is 3.88. The number of aromatic nitrogens is 2. The number of hydrogen-bond donors (Lipinski definition) is 1. The van der Waals surface area contributed by atoms with Gasteiger partial charge in [-0.1, -0.05) is 24.3 Å². The van der Waals surface area contributed by atoms with Gasteiger partial charge in [-0.2, -0.15) is 0 Å². The van der Waals surface area contributed by atoms with Crippen LogP contribution < -0.4 is 5.32 Å². The van der Waals surface area contributed by atoms with E-state index in [1.54, 1.807) is 12.3 Å². The molecule has 4 rings (SSSR count). The lowest BCUT2D eigenvalue weighted by Crippen LogP contribution is -2.44. The summed E-state index contributed by atoms with van der Waals surface area (Å²) in [5.41, 5.74) is 3.62. The molecule has 1 saturated heterocycles. The number of amides is 1. The summed E-state index contributed by atoms with van der Waals surface area (Å²) in [4.78, 5) is 19.2. The summed E-state index contributed by atoms with van der Waals surface area (Å²) in [5.74, 6) is -0.128. The van der Waals surface area contributed by atoms with E-state index < -0.39 is 0 Å². The quantitative estimate of drug-likeness (QED) is 0.740. The smallest absolute Gasteiger partial charge is 0.226 e. The predicted molar refractivity (Wildman–Crippen MR) is 106 cm³/mol. The highest BCUT2D eigenvalue weighted by Gasteiger charge is 2.22. The van der Waals surface area contributed by atoms with Crippen LogP contribution in [0.15, 0.2) is 48.8 Å². The van der Waals surface area contributed by atoms with Crippen LogP contribution in [0.25, 0.3) is 5.65 Å². The zero-order valence-corrected chi connectivity index (χ0v) is 16.1. The Hall–Kier alpha value is -2.73. The molecule has 0 bridgehead atoms. The Morgan fingerprint density at radius 2 is 2.00 bits per heavy atom. The highest BCUT2D eigenvalue weighted by atomic mass is 19.1. The monoisotopic (exact) mass is 380 g/mol.